The average Bonchev–Trinajstić information content (AvgIpc) is 2.85. The molecule has 12 heteroatoms. The van der Waals surface area contributed by atoms with E-state index in [4.69, 9.17) is 28.3 Å². The van der Waals surface area contributed by atoms with E-state index in [-0.39, 0.29) is 6.54 Å². The van der Waals surface area contributed by atoms with Gasteiger partial charge in [-0.25, -0.2) is 9.18 Å². The Morgan fingerprint density at radius 1 is 1.06 bits per heavy atom. The number of alkyl halides is 1. The molecule has 2 aromatic rings. The molecule has 4 rings (SSSR count). The van der Waals surface area contributed by atoms with Gasteiger partial charge in [0.05, 0.1) is 17.8 Å². The predicted octanol–water partition coefficient (Wildman–Crippen LogP) is 5.07. The van der Waals surface area contributed by atoms with Crippen molar-refractivity contribution >= 4 is 70.0 Å². The van der Waals surface area contributed by atoms with Gasteiger partial charge >= 0.3 is 12.0 Å². The molecule has 3 amide bonds. The summed E-state index contributed by atoms with van der Waals surface area (Å²) in [6.45, 7) is -1.14. The first-order chi connectivity index (χ1) is 17.2. The van der Waals surface area contributed by atoms with Crippen molar-refractivity contribution in [1.82, 2.24) is 10.2 Å². The number of anilines is 2. The second kappa shape index (κ2) is 11.1. The number of nitrogens with zero attached hydrogens (tertiary/aromatic N) is 2. The Balaban J connectivity index is 1.67. The number of fused-ring (bicyclic) bond motifs is 2. The quantitative estimate of drug-likeness (QED) is 0.517. The molecule has 2 N–H and O–H groups in total. The van der Waals surface area contributed by atoms with Gasteiger partial charge in [-0.05, 0) is 55.7 Å². The first kappa shape index (κ1) is 26.2. The molecular formula is C24H22Cl2FN3O5S. The van der Waals surface area contributed by atoms with Crippen LogP contribution in [0.1, 0.15) is 25.7 Å². The number of amides is 3. The van der Waals surface area contributed by atoms with E-state index < -0.39 is 48.9 Å². The van der Waals surface area contributed by atoms with E-state index in [1.54, 1.807) is 36.4 Å². The first-order valence-electron chi connectivity index (χ1n) is 11.2. The van der Waals surface area contributed by atoms with Crippen LogP contribution in [0.3, 0.4) is 0 Å². The number of benzene rings is 2. The van der Waals surface area contributed by atoms with Crippen molar-refractivity contribution in [3.63, 3.8) is 0 Å². The fraction of sp³-hybridized carbons (Fsp3) is 0.333. The normalized spacial score (nSPS) is 17.6. The van der Waals surface area contributed by atoms with Crippen LogP contribution in [0.25, 0.3) is 0 Å². The number of likely N-dealkylation sites (tertiary alicyclic amines) is 1. The summed E-state index contributed by atoms with van der Waals surface area (Å²) in [7, 11) is 0. The Hall–Kier alpha value is -2.82. The predicted molar refractivity (Wildman–Crippen MR) is 134 cm³/mol. The molecule has 0 aliphatic carbocycles. The number of piperidine rings is 1. The second-order valence-corrected chi connectivity index (χ2v) is 10.4. The number of Topliss-reactive ketones (excluding diaryl/α,β-unsaturated/α-hetero) is 1. The minimum absolute atomic E-state index is 0.264. The lowest BCUT2D eigenvalue weighted by molar-refractivity contribution is -0.140. The average molecular weight is 554 g/mol. The van der Waals surface area contributed by atoms with E-state index in [1.165, 1.54) is 21.6 Å². The van der Waals surface area contributed by atoms with Crippen LogP contribution in [0.2, 0.25) is 10.0 Å². The van der Waals surface area contributed by atoms with E-state index in [1.807, 2.05) is 0 Å². The van der Waals surface area contributed by atoms with Crippen LogP contribution in [-0.4, -0.2) is 59.0 Å². The highest BCUT2D eigenvalue weighted by Crippen LogP contribution is 2.50. The number of halogens is 3. The van der Waals surface area contributed by atoms with Gasteiger partial charge in [-0.15, -0.1) is 0 Å². The van der Waals surface area contributed by atoms with Gasteiger partial charge in [0.1, 0.15) is 18.8 Å². The van der Waals surface area contributed by atoms with Crippen molar-refractivity contribution in [2.24, 2.45) is 0 Å². The number of urea groups is 1. The molecular weight excluding hydrogens is 532 g/mol. The van der Waals surface area contributed by atoms with Crippen molar-refractivity contribution in [3.8, 4) is 0 Å². The van der Waals surface area contributed by atoms with E-state index in [0.717, 1.165) is 9.79 Å². The summed E-state index contributed by atoms with van der Waals surface area (Å²) in [5.74, 6) is -3.10. The van der Waals surface area contributed by atoms with E-state index in [9.17, 15) is 23.6 Å². The molecule has 2 heterocycles. The monoisotopic (exact) mass is 553 g/mol. The Morgan fingerprint density at radius 2 is 1.78 bits per heavy atom. The van der Waals surface area contributed by atoms with Crippen LogP contribution in [0.15, 0.2) is 46.2 Å². The zero-order valence-electron chi connectivity index (χ0n) is 18.9. The molecule has 2 aromatic carbocycles. The smallest absolute Gasteiger partial charge is 0.329 e. The third kappa shape index (κ3) is 5.45. The number of carboxylic acids is 1. The summed E-state index contributed by atoms with van der Waals surface area (Å²) in [5.41, 5.74) is 1.12. The highest BCUT2D eigenvalue weighted by Gasteiger charge is 2.39. The first-order valence-corrected chi connectivity index (χ1v) is 12.8. The Bertz CT molecular complexity index is 1230. The molecule has 36 heavy (non-hydrogen) atoms. The van der Waals surface area contributed by atoms with E-state index in [0.29, 0.717) is 40.7 Å². The SMILES string of the molecule is O=C(O)CC(NC(=O)C1CCCCN1C(=O)N1c2ccc(Cl)cc2Sc2ccc(Cl)cc21)C(=O)CF. The summed E-state index contributed by atoms with van der Waals surface area (Å²) >= 11 is 13.9. The number of nitrogens with one attached hydrogen (secondary N) is 1. The van der Waals surface area contributed by atoms with Crippen molar-refractivity contribution < 1.29 is 28.7 Å². The van der Waals surface area contributed by atoms with Gasteiger partial charge in [-0.2, -0.15) is 0 Å². The molecule has 0 bridgehead atoms. The molecule has 0 radical (unpaired) electrons. The van der Waals surface area contributed by atoms with E-state index in [2.05, 4.69) is 5.32 Å². The van der Waals surface area contributed by atoms with Crippen molar-refractivity contribution in [3.05, 3.63) is 46.4 Å². The summed E-state index contributed by atoms with van der Waals surface area (Å²) < 4.78 is 13.0. The zero-order chi connectivity index (χ0) is 26.0. The number of carbonyl (C=O) groups is 4. The van der Waals surface area contributed by atoms with Gasteiger partial charge in [-0.1, -0.05) is 35.0 Å². The second-order valence-electron chi connectivity index (χ2n) is 8.41. The maximum absolute atomic E-state index is 14.0. The molecule has 0 spiro atoms. The van der Waals surface area contributed by atoms with Crippen molar-refractivity contribution in [2.45, 2.75) is 47.6 Å². The van der Waals surface area contributed by atoms with Gasteiger partial charge in [0.25, 0.3) is 0 Å². The Kier molecular flexibility index (Phi) is 8.07. The van der Waals surface area contributed by atoms with Gasteiger partial charge in [0, 0.05) is 26.4 Å². The highest BCUT2D eigenvalue weighted by atomic mass is 35.5. The fourth-order valence-electron chi connectivity index (χ4n) is 4.30. The maximum Gasteiger partial charge on any atom is 0.329 e. The lowest BCUT2D eigenvalue weighted by atomic mass is 10.0. The molecule has 190 valence electrons. The minimum atomic E-state index is -1.52. The molecule has 0 saturated carbocycles. The number of carboxylic acid groups (broad SMARTS) is 1. The van der Waals surface area contributed by atoms with E-state index >= 15 is 0 Å². The lowest BCUT2D eigenvalue weighted by Crippen LogP contribution is -2.57. The fourth-order valence-corrected chi connectivity index (χ4v) is 5.78. The summed E-state index contributed by atoms with van der Waals surface area (Å²) in [4.78, 5) is 54.6. The number of hydrogen-bond acceptors (Lipinski definition) is 5. The number of carbonyl (C=O) groups excluding carboxylic acids is 3. The van der Waals surface area contributed by atoms with Crippen LogP contribution in [0, 0.1) is 0 Å². The Labute approximate surface area is 220 Å². The molecule has 2 atom stereocenters. The molecule has 1 saturated heterocycles. The van der Waals surface area contributed by atoms with Crippen LogP contribution in [-0.2, 0) is 14.4 Å². The topological polar surface area (TPSA) is 107 Å². The number of rotatable bonds is 6. The van der Waals surface area contributed by atoms with Gasteiger partial charge in [0.15, 0.2) is 5.78 Å². The zero-order valence-corrected chi connectivity index (χ0v) is 21.2. The number of hydrogen-bond donors (Lipinski definition) is 2. The van der Waals surface area contributed by atoms with Crippen molar-refractivity contribution in [1.29, 1.82) is 0 Å². The number of aliphatic carboxylic acids is 1. The molecule has 2 unspecified atom stereocenters. The third-order valence-electron chi connectivity index (χ3n) is 6.00. The lowest BCUT2D eigenvalue weighted by Gasteiger charge is -2.40. The largest absolute Gasteiger partial charge is 0.481 e. The molecule has 1 fully saturated rings. The molecule has 0 aromatic heterocycles. The van der Waals surface area contributed by atoms with Gasteiger partial charge in [0.2, 0.25) is 5.91 Å². The van der Waals surface area contributed by atoms with Crippen molar-refractivity contribution in [2.75, 3.05) is 18.1 Å². The summed E-state index contributed by atoms with van der Waals surface area (Å²) in [6.07, 6.45) is 0.848. The molecule has 2 aliphatic heterocycles. The van der Waals surface area contributed by atoms with Crippen LogP contribution >= 0.6 is 35.0 Å². The Morgan fingerprint density at radius 3 is 2.50 bits per heavy atom. The maximum atomic E-state index is 14.0. The molecule has 8 nitrogen and oxygen atoms in total. The molecule has 2 aliphatic rings. The summed E-state index contributed by atoms with van der Waals surface area (Å²) in [5, 5.41) is 12.3. The summed E-state index contributed by atoms with van der Waals surface area (Å²) in [6, 6.07) is 7.34. The van der Waals surface area contributed by atoms with Crippen LogP contribution in [0.5, 0.6) is 0 Å². The van der Waals surface area contributed by atoms with Crippen LogP contribution in [0.4, 0.5) is 20.6 Å². The van der Waals surface area contributed by atoms with Crippen LogP contribution < -0.4 is 10.2 Å². The van der Waals surface area contributed by atoms with Gasteiger partial charge < -0.3 is 15.3 Å². The standard InChI is InChI=1S/C24H22Cl2FN3O5S/c25-13-5-7-20-18(9-13)30(16-6-4-14(26)10-21(16)36-20)24(35)29-8-2-1-3-17(29)23(34)28-15(11-22(32)33)19(31)12-27/h4-7,9-10,15,17H,1-3,8,11-12H2,(H,28,34)(H,32,33). The van der Waals surface area contributed by atoms with Gasteiger partial charge in [-0.3, -0.25) is 19.3 Å². The number of ketones is 1. The third-order valence-corrected chi connectivity index (χ3v) is 7.58. The highest BCUT2D eigenvalue weighted by molar-refractivity contribution is 7.99. The minimum Gasteiger partial charge on any atom is -0.481 e.